The molecule has 1 heterocycles. The largest absolute Gasteiger partial charge is 0.497 e. The fourth-order valence-electron chi connectivity index (χ4n) is 3.17. The van der Waals surface area contributed by atoms with Gasteiger partial charge in [0.2, 0.25) is 11.8 Å². The molecule has 0 unspecified atom stereocenters. The van der Waals surface area contributed by atoms with Gasteiger partial charge in [-0.25, -0.2) is 9.97 Å². The van der Waals surface area contributed by atoms with Gasteiger partial charge in [-0.1, -0.05) is 41.6 Å². The Labute approximate surface area is 198 Å². The van der Waals surface area contributed by atoms with Crippen LogP contribution in [0.5, 0.6) is 5.75 Å². The van der Waals surface area contributed by atoms with E-state index in [9.17, 15) is 9.59 Å². The number of rotatable bonds is 9. The monoisotopic (exact) mass is 464 g/mol. The van der Waals surface area contributed by atoms with Crippen molar-refractivity contribution in [1.29, 1.82) is 0 Å². The van der Waals surface area contributed by atoms with E-state index in [1.165, 1.54) is 11.8 Å². The van der Waals surface area contributed by atoms with Crippen LogP contribution in [-0.4, -0.2) is 46.1 Å². The standard InChI is InChI=1S/C25H28N4O3S/c1-17-5-7-20(8-6-17)14-29(15-23(30)28-21-9-11-22(32-4)12-10-21)24(31)16-33-25-26-18(2)13-19(3)27-25/h5-13H,14-16H2,1-4H3,(H,28,30). The topological polar surface area (TPSA) is 84.4 Å². The summed E-state index contributed by atoms with van der Waals surface area (Å²) in [5.41, 5.74) is 4.44. The summed E-state index contributed by atoms with van der Waals surface area (Å²) in [4.78, 5) is 36.1. The first-order chi connectivity index (χ1) is 15.8. The van der Waals surface area contributed by atoms with Crippen LogP contribution in [0, 0.1) is 20.8 Å². The molecule has 1 aromatic heterocycles. The van der Waals surface area contributed by atoms with Gasteiger partial charge < -0.3 is 15.0 Å². The van der Waals surface area contributed by atoms with Crippen LogP contribution in [0.25, 0.3) is 0 Å². The quantitative estimate of drug-likeness (QED) is 0.378. The average molecular weight is 465 g/mol. The van der Waals surface area contributed by atoms with Crippen LogP contribution in [0.4, 0.5) is 5.69 Å². The molecule has 0 fully saturated rings. The summed E-state index contributed by atoms with van der Waals surface area (Å²) in [6, 6.07) is 16.9. The predicted molar refractivity (Wildman–Crippen MR) is 130 cm³/mol. The lowest BCUT2D eigenvalue weighted by Crippen LogP contribution is -2.38. The zero-order valence-electron chi connectivity index (χ0n) is 19.3. The maximum Gasteiger partial charge on any atom is 0.244 e. The minimum Gasteiger partial charge on any atom is -0.497 e. The number of methoxy groups -OCH3 is 1. The van der Waals surface area contributed by atoms with E-state index < -0.39 is 0 Å². The fraction of sp³-hybridized carbons (Fsp3) is 0.280. The van der Waals surface area contributed by atoms with Gasteiger partial charge >= 0.3 is 0 Å². The summed E-state index contributed by atoms with van der Waals surface area (Å²) >= 11 is 1.27. The zero-order chi connectivity index (χ0) is 23.8. The number of hydrogen-bond donors (Lipinski definition) is 1. The normalized spacial score (nSPS) is 10.5. The number of hydrogen-bond acceptors (Lipinski definition) is 6. The van der Waals surface area contributed by atoms with Crippen molar-refractivity contribution in [3.05, 3.63) is 77.1 Å². The number of nitrogens with zero attached hydrogens (tertiary/aromatic N) is 3. The summed E-state index contributed by atoms with van der Waals surface area (Å²) < 4.78 is 5.14. The maximum absolute atomic E-state index is 13.1. The average Bonchev–Trinajstić information content (AvgIpc) is 2.78. The molecule has 2 amide bonds. The summed E-state index contributed by atoms with van der Waals surface area (Å²) in [5, 5.41) is 3.40. The molecule has 8 heteroatoms. The van der Waals surface area contributed by atoms with Crippen molar-refractivity contribution in [3.8, 4) is 5.75 Å². The number of ether oxygens (including phenoxy) is 1. The van der Waals surface area contributed by atoms with Crippen molar-refractivity contribution in [2.75, 3.05) is 24.7 Å². The molecule has 0 saturated heterocycles. The number of aryl methyl sites for hydroxylation is 3. The molecule has 0 saturated carbocycles. The van der Waals surface area contributed by atoms with Gasteiger partial charge in [0.15, 0.2) is 5.16 Å². The lowest BCUT2D eigenvalue weighted by molar-refractivity contribution is -0.132. The van der Waals surface area contributed by atoms with Crippen LogP contribution in [0.1, 0.15) is 22.5 Å². The van der Waals surface area contributed by atoms with Gasteiger partial charge in [-0.15, -0.1) is 0 Å². The minimum atomic E-state index is -0.270. The molecule has 0 bridgehead atoms. The Hall–Kier alpha value is -3.39. The first kappa shape index (κ1) is 24.3. The number of nitrogens with one attached hydrogen (secondary N) is 1. The van der Waals surface area contributed by atoms with Crippen molar-refractivity contribution in [2.45, 2.75) is 32.5 Å². The molecule has 2 aromatic carbocycles. The molecule has 0 radical (unpaired) electrons. The number of aromatic nitrogens is 2. The van der Waals surface area contributed by atoms with Crippen LogP contribution in [0.15, 0.2) is 59.8 Å². The third-order valence-corrected chi connectivity index (χ3v) is 5.67. The highest BCUT2D eigenvalue weighted by molar-refractivity contribution is 7.99. The molecule has 0 aliphatic carbocycles. The lowest BCUT2D eigenvalue weighted by Gasteiger charge is -2.22. The highest BCUT2D eigenvalue weighted by Crippen LogP contribution is 2.17. The molecule has 3 rings (SSSR count). The third kappa shape index (κ3) is 7.61. The van der Waals surface area contributed by atoms with Crippen LogP contribution in [0.3, 0.4) is 0 Å². The Bertz CT molecular complexity index is 1080. The highest BCUT2D eigenvalue weighted by atomic mass is 32.2. The van der Waals surface area contributed by atoms with E-state index in [0.29, 0.717) is 23.1 Å². The van der Waals surface area contributed by atoms with Gasteiger partial charge in [0.1, 0.15) is 12.3 Å². The fourth-order valence-corrected chi connectivity index (χ4v) is 4.02. The molecule has 0 aliphatic heterocycles. The lowest BCUT2D eigenvalue weighted by atomic mass is 10.1. The van der Waals surface area contributed by atoms with Crippen LogP contribution >= 0.6 is 11.8 Å². The van der Waals surface area contributed by atoms with E-state index >= 15 is 0 Å². The predicted octanol–water partition coefficient (Wildman–Crippen LogP) is 4.17. The highest BCUT2D eigenvalue weighted by Gasteiger charge is 2.19. The van der Waals surface area contributed by atoms with Crippen molar-refractivity contribution in [3.63, 3.8) is 0 Å². The Balaban J connectivity index is 1.69. The van der Waals surface area contributed by atoms with Gasteiger partial charge in [-0.2, -0.15) is 0 Å². The number of benzene rings is 2. The van der Waals surface area contributed by atoms with Crippen molar-refractivity contribution in [2.24, 2.45) is 0 Å². The Morgan fingerprint density at radius 1 is 0.970 bits per heavy atom. The van der Waals surface area contributed by atoms with Gasteiger partial charge in [0, 0.05) is 23.6 Å². The van der Waals surface area contributed by atoms with Gasteiger partial charge in [0.25, 0.3) is 0 Å². The van der Waals surface area contributed by atoms with E-state index in [-0.39, 0.29) is 24.1 Å². The minimum absolute atomic E-state index is 0.0625. The van der Waals surface area contributed by atoms with Crippen molar-refractivity contribution in [1.82, 2.24) is 14.9 Å². The third-order valence-electron chi connectivity index (χ3n) is 4.84. The van der Waals surface area contributed by atoms with E-state index in [2.05, 4.69) is 15.3 Å². The SMILES string of the molecule is COc1ccc(NC(=O)CN(Cc2ccc(C)cc2)C(=O)CSc2nc(C)cc(C)n2)cc1. The molecular weight excluding hydrogens is 436 g/mol. The second kappa shape index (κ2) is 11.5. The Morgan fingerprint density at radius 3 is 2.21 bits per heavy atom. The number of anilines is 1. The van der Waals surface area contributed by atoms with E-state index in [1.54, 1.807) is 36.3 Å². The van der Waals surface area contributed by atoms with Crippen LogP contribution < -0.4 is 10.1 Å². The smallest absolute Gasteiger partial charge is 0.244 e. The molecule has 0 spiro atoms. The number of thioether (sulfide) groups is 1. The first-order valence-electron chi connectivity index (χ1n) is 10.5. The number of carbonyl (C=O) groups is 2. The molecule has 3 aromatic rings. The second-order valence-electron chi connectivity index (χ2n) is 7.73. The number of amides is 2. The second-order valence-corrected chi connectivity index (χ2v) is 8.68. The molecular formula is C25H28N4O3S. The van der Waals surface area contributed by atoms with E-state index in [0.717, 1.165) is 22.5 Å². The van der Waals surface area contributed by atoms with Crippen LogP contribution in [-0.2, 0) is 16.1 Å². The van der Waals surface area contributed by atoms with E-state index in [4.69, 9.17) is 4.74 Å². The van der Waals surface area contributed by atoms with Crippen molar-refractivity contribution < 1.29 is 14.3 Å². The van der Waals surface area contributed by atoms with E-state index in [1.807, 2.05) is 51.1 Å². The van der Waals surface area contributed by atoms with Gasteiger partial charge in [-0.05, 0) is 56.7 Å². The molecule has 0 aliphatic rings. The van der Waals surface area contributed by atoms with Gasteiger partial charge in [0.05, 0.1) is 12.9 Å². The van der Waals surface area contributed by atoms with Crippen LogP contribution in [0.2, 0.25) is 0 Å². The summed E-state index contributed by atoms with van der Waals surface area (Å²) in [6.45, 7) is 6.08. The molecule has 0 atom stereocenters. The number of carbonyl (C=O) groups excluding carboxylic acids is 2. The summed E-state index contributed by atoms with van der Waals surface area (Å²) in [7, 11) is 1.59. The summed E-state index contributed by atoms with van der Waals surface area (Å²) in [6.07, 6.45) is 0. The first-order valence-corrected chi connectivity index (χ1v) is 11.5. The Kier molecular flexibility index (Phi) is 8.43. The molecule has 172 valence electrons. The molecule has 7 nitrogen and oxygen atoms in total. The zero-order valence-corrected chi connectivity index (χ0v) is 20.1. The maximum atomic E-state index is 13.1. The van der Waals surface area contributed by atoms with Gasteiger partial charge in [-0.3, -0.25) is 9.59 Å². The Morgan fingerprint density at radius 2 is 1.61 bits per heavy atom. The molecule has 1 N–H and O–H groups in total. The summed E-state index contributed by atoms with van der Waals surface area (Å²) in [5.74, 6) is 0.418. The molecule has 33 heavy (non-hydrogen) atoms. The van der Waals surface area contributed by atoms with Crippen molar-refractivity contribution >= 4 is 29.3 Å².